The molecular formula is C21H22N4O3S. The molecule has 0 radical (unpaired) electrons. The first kappa shape index (κ1) is 20.5. The molecule has 29 heavy (non-hydrogen) atoms. The molecule has 2 N–H and O–H groups in total. The highest BCUT2D eigenvalue weighted by atomic mass is 32.2. The Morgan fingerprint density at radius 1 is 1.21 bits per heavy atom. The zero-order valence-electron chi connectivity index (χ0n) is 16.0. The second kappa shape index (κ2) is 9.79. The molecule has 2 aromatic carbocycles. The molecule has 0 saturated heterocycles. The molecule has 3 rings (SSSR count). The van der Waals surface area contributed by atoms with Crippen LogP contribution in [-0.2, 0) is 22.3 Å². The van der Waals surface area contributed by atoms with Crippen molar-refractivity contribution in [2.45, 2.75) is 19.4 Å². The number of hydrogen-bond donors (Lipinski definition) is 2. The van der Waals surface area contributed by atoms with Gasteiger partial charge < -0.3 is 14.1 Å². The highest BCUT2D eigenvalue weighted by Crippen LogP contribution is 2.18. The van der Waals surface area contributed by atoms with Crippen molar-refractivity contribution in [2.75, 3.05) is 11.0 Å². The van der Waals surface area contributed by atoms with E-state index >= 15 is 0 Å². The number of carbonyl (C=O) groups excluding carboxylic acids is 2. The Bertz CT molecular complexity index is 1070. The number of unbranched alkanes of at least 4 members (excludes halogenated alkanes) is 1. The van der Waals surface area contributed by atoms with Crippen LogP contribution in [0, 0.1) is 0 Å². The van der Waals surface area contributed by atoms with Crippen LogP contribution in [0.2, 0.25) is 0 Å². The molecule has 0 aliphatic heterocycles. The maximum atomic E-state index is 12.4. The van der Waals surface area contributed by atoms with Crippen molar-refractivity contribution in [2.24, 2.45) is 5.10 Å². The lowest BCUT2D eigenvalue weighted by Crippen LogP contribution is -2.17. The lowest BCUT2D eigenvalue weighted by molar-refractivity contribution is -0.107. The fourth-order valence-electron chi connectivity index (χ4n) is 2.96. The van der Waals surface area contributed by atoms with Crippen molar-refractivity contribution in [3.8, 4) is 0 Å². The van der Waals surface area contributed by atoms with Crippen molar-refractivity contribution < 1.29 is 13.8 Å². The van der Waals surface area contributed by atoms with E-state index in [-0.39, 0.29) is 5.91 Å². The number of carbonyl (C=O) groups is 2. The quantitative estimate of drug-likeness (QED) is 0.246. The van der Waals surface area contributed by atoms with Crippen LogP contribution in [-0.4, -0.2) is 33.4 Å². The summed E-state index contributed by atoms with van der Waals surface area (Å²) in [6.45, 7) is 0.762. The van der Waals surface area contributed by atoms with Gasteiger partial charge >= 0.3 is 0 Å². The number of nitrogens with zero attached hydrogens (tertiary/aromatic N) is 2. The third-order valence-electron chi connectivity index (χ3n) is 4.28. The third kappa shape index (κ3) is 5.61. The summed E-state index contributed by atoms with van der Waals surface area (Å²) in [5.41, 5.74) is 5.54. The Labute approximate surface area is 171 Å². The molecule has 8 heteroatoms. The smallest absolute Gasteiger partial charge is 0.271 e. The van der Waals surface area contributed by atoms with Gasteiger partial charge in [-0.25, -0.2) is 9.63 Å². The van der Waals surface area contributed by atoms with Crippen LogP contribution in [0.15, 0.2) is 59.8 Å². The van der Waals surface area contributed by atoms with E-state index in [4.69, 9.17) is 0 Å². The lowest BCUT2D eigenvalue weighted by atomic mass is 10.1. The van der Waals surface area contributed by atoms with Gasteiger partial charge in [0.2, 0.25) is 0 Å². The van der Waals surface area contributed by atoms with Crippen LogP contribution in [0.5, 0.6) is 0 Å². The molecule has 0 aliphatic carbocycles. The maximum Gasteiger partial charge on any atom is 0.271 e. The monoisotopic (exact) mass is 410 g/mol. The number of aldehydes is 1. The van der Waals surface area contributed by atoms with Crippen LogP contribution in [0.3, 0.4) is 0 Å². The molecule has 7 nitrogen and oxygen atoms in total. The largest absolute Gasteiger partial charge is 0.347 e. The van der Waals surface area contributed by atoms with Crippen molar-refractivity contribution in [1.82, 2.24) is 9.99 Å². The minimum absolute atomic E-state index is 0.305. The van der Waals surface area contributed by atoms with Crippen LogP contribution >= 0.6 is 0 Å². The molecule has 0 aliphatic rings. The van der Waals surface area contributed by atoms with Gasteiger partial charge in [0.05, 0.1) is 6.21 Å². The summed E-state index contributed by atoms with van der Waals surface area (Å²) in [5, 5.41) is 4.96. The van der Waals surface area contributed by atoms with E-state index in [9.17, 15) is 13.8 Å². The highest BCUT2D eigenvalue weighted by Gasteiger charge is 2.08. The molecule has 1 atom stereocenters. The minimum atomic E-state index is -1.16. The molecule has 3 aromatic rings. The summed E-state index contributed by atoms with van der Waals surface area (Å²) >= 11 is 0. The van der Waals surface area contributed by atoms with E-state index in [1.165, 1.54) is 6.21 Å². The number of hydrogen-bond acceptors (Lipinski definition) is 4. The first-order valence-corrected chi connectivity index (χ1v) is 10.7. The van der Waals surface area contributed by atoms with Gasteiger partial charge in [-0.2, -0.15) is 5.10 Å². The average molecular weight is 410 g/mol. The number of nitrogens with one attached hydrogen (secondary N) is 2. The summed E-state index contributed by atoms with van der Waals surface area (Å²) in [6.07, 6.45) is 7.29. The Morgan fingerprint density at radius 3 is 2.86 bits per heavy atom. The Hall–Kier alpha value is -3.26. The van der Waals surface area contributed by atoms with Crippen LogP contribution in [0.1, 0.15) is 28.8 Å². The summed E-state index contributed by atoms with van der Waals surface area (Å²) < 4.78 is 16.1. The van der Waals surface area contributed by atoms with Gasteiger partial charge in [0.1, 0.15) is 17.3 Å². The predicted octanol–water partition coefficient (Wildman–Crippen LogP) is 3.09. The van der Waals surface area contributed by atoms with Gasteiger partial charge in [-0.1, -0.05) is 12.1 Å². The third-order valence-corrected chi connectivity index (χ3v) is 4.81. The van der Waals surface area contributed by atoms with Crippen molar-refractivity contribution >= 4 is 46.0 Å². The first-order valence-electron chi connectivity index (χ1n) is 9.13. The second-order valence-corrected chi connectivity index (χ2v) is 7.58. The van der Waals surface area contributed by atoms with Crippen molar-refractivity contribution in [1.29, 1.82) is 0 Å². The van der Waals surface area contributed by atoms with Gasteiger partial charge in [0.15, 0.2) is 0 Å². The van der Waals surface area contributed by atoms with Gasteiger partial charge in [-0.3, -0.25) is 4.79 Å². The van der Waals surface area contributed by atoms with E-state index in [0.29, 0.717) is 17.7 Å². The van der Waals surface area contributed by atoms with Gasteiger partial charge in [-0.15, -0.1) is 0 Å². The molecular weight excluding hydrogens is 388 g/mol. The Kier molecular flexibility index (Phi) is 6.91. The number of aryl methyl sites for hydroxylation is 1. The number of hydrazone groups is 1. The molecule has 1 unspecified atom stereocenters. The van der Waals surface area contributed by atoms with Crippen LogP contribution < -0.4 is 10.1 Å². The summed E-state index contributed by atoms with van der Waals surface area (Å²) in [6, 6.07) is 14.7. The molecule has 1 amide bonds. The van der Waals surface area contributed by atoms with Crippen LogP contribution in [0.25, 0.3) is 10.9 Å². The summed E-state index contributed by atoms with van der Waals surface area (Å²) in [4.78, 5) is 22.9. The summed E-state index contributed by atoms with van der Waals surface area (Å²) in [7, 11) is -1.16. The molecule has 0 bridgehead atoms. The van der Waals surface area contributed by atoms with Crippen molar-refractivity contribution in [3.63, 3.8) is 0 Å². The molecule has 0 spiro atoms. The number of rotatable bonds is 9. The average Bonchev–Trinajstić information content (AvgIpc) is 3.10. The zero-order chi connectivity index (χ0) is 20.6. The topological polar surface area (TPSA) is 92.6 Å². The second-order valence-electron chi connectivity index (χ2n) is 6.47. The van der Waals surface area contributed by atoms with E-state index in [1.807, 2.05) is 36.5 Å². The molecule has 150 valence electrons. The fourth-order valence-corrected chi connectivity index (χ4v) is 3.42. The summed E-state index contributed by atoms with van der Waals surface area (Å²) in [5.74, 6) is -0.305. The number of aromatic nitrogens is 1. The van der Waals surface area contributed by atoms with Gasteiger partial charge in [0, 0.05) is 47.6 Å². The van der Waals surface area contributed by atoms with E-state index in [0.717, 1.165) is 35.7 Å². The SMILES string of the molecule is CS(=O)Nc1cccc(/C=N/NC(=O)c2ccc3c(ccn3CCCC=O)c2)c1. The predicted molar refractivity (Wildman–Crippen MR) is 116 cm³/mol. The Balaban J connectivity index is 1.64. The van der Waals surface area contributed by atoms with E-state index in [1.54, 1.807) is 24.5 Å². The number of benzene rings is 2. The standard InChI is InChI=1S/C21H22N4O3S/c1-29(28)24-19-6-4-5-16(13-19)15-22-23-21(27)18-7-8-20-17(14-18)9-11-25(20)10-2-3-12-26/h4-9,11-15,24H,2-3,10H2,1H3,(H,23,27)/b22-15+. The van der Waals surface area contributed by atoms with Crippen molar-refractivity contribution in [3.05, 3.63) is 65.9 Å². The zero-order valence-corrected chi connectivity index (χ0v) is 16.8. The Morgan fingerprint density at radius 2 is 2.07 bits per heavy atom. The van der Waals surface area contributed by atoms with Crippen LogP contribution in [0.4, 0.5) is 5.69 Å². The van der Waals surface area contributed by atoms with E-state index < -0.39 is 11.0 Å². The van der Waals surface area contributed by atoms with Gasteiger partial charge in [-0.05, 0) is 48.4 Å². The van der Waals surface area contributed by atoms with E-state index in [2.05, 4.69) is 19.8 Å². The highest BCUT2D eigenvalue weighted by molar-refractivity contribution is 7.85. The number of fused-ring (bicyclic) bond motifs is 1. The molecule has 0 fully saturated rings. The van der Waals surface area contributed by atoms with Gasteiger partial charge in [0.25, 0.3) is 5.91 Å². The molecule has 1 aromatic heterocycles. The fraction of sp³-hybridized carbons (Fsp3) is 0.190. The molecule has 1 heterocycles. The number of anilines is 1. The first-order chi connectivity index (χ1) is 14.1. The minimum Gasteiger partial charge on any atom is -0.347 e. The number of amides is 1. The molecule has 0 saturated carbocycles. The normalized spacial score (nSPS) is 12.2. The lowest BCUT2D eigenvalue weighted by Gasteiger charge is -2.05. The maximum absolute atomic E-state index is 12.4.